The first-order valence-electron chi connectivity index (χ1n) is 7.30. The molecule has 0 saturated heterocycles. The van der Waals surface area contributed by atoms with Crippen molar-refractivity contribution in [2.24, 2.45) is 16.9 Å². The molecule has 0 spiro atoms. The molecule has 1 fully saturated rings. The third-order valence-electron chi connectivity index (χ3n) is 4.55. The van der Waals surface area contributed by atoms with E-state index in [-0.39, 0.29) is 18.5 Å². The van der Waals surface area contributed by atoms with E-state index >= 15 is 0 Å². The van der Waals surface area contributed by atoms with E-state index in [1.54, 1.807) is 4.90 Å². The number of rotatable bonds is 7. The van der Waals surface area contributed by atoms with E-state index < -0.39 is 11.3 Å². The van der Waals surface area contributed by atoms with Crippen molar-refractivity contribution >= 4 is 11.8 Å². The predicted molar refractivity (Wildman–Crippen MR) is 75.2 cm³/mol. The summed E-state index contributed by atoms with van der Waals surface area (Å²) in [5.74, 6) is -0.441. The maximum atomic E-state index is 12.8. The van der Waals surface area contributed by atoms with Crippen molar-refractivity contribution in [2.45, 2.75) is 58.4 Å². The molecule has 0 atom stereocenters. The Morgan fingerprint density at radius 2 is 1.74 bits per heavy atom. The molecule has 5 nitrogen and oxygen atoms in total. The van der Waals surface area contributed by atoms with E-state index in [9.17, 15) is 9.59 Å². The van der Waals surface area contributed by atoms with Crippen LogP contribution in [-0.2, 0) is 9.59 Å². The van der Waals surface area contributed by atoms with Gasteiger partial charge in [-0.25, -0.2) is 0 Å². The van der Waals surface area contributed by atoms with Crippen molar-refractivity contribution in [1.82, 2.24) is 4.90 Å². The van der Waals surface area contributed by atoms with Crippen LogP contribution in [0.15, 0.2) is 0 Å². The lowest BCUT2D eigenvalue weighted by Gasteiger charge is -2.37. The van der Waals surface area contributed by atoms with E-state index in [2.05, 4.69) is 0 Å². The minimum atomic E-state index is -0.544. The van der Waals surface area contributed by atoms with Crippen LogP contribution in [0.4, 0.5) is 0 Å². The third kappa shape index (κ3) is 3.47. The Kier molecular flexibility index (Phi) is 5.79. The van der Waals surface area contributed by atoms with Gasteiger partial charge in [-0.2, -0.15) is 0 Å². The number of hydrogen-bond donors (Lipinski definition) is 2. The van der Waals surface area contributed by atoms with Gasteiger partial charge >= 0.3 is 0 Å². The van der Waals surface area contributed by atoms with Gasteiger partial charge in [-0.3, -0.25) is 9.59 Å². The molecule has 0 unspecified atom stereocenters. The van der Waals surface area contributed by atoms with Crippen molar-refractivity contribution in [2.75, 3.05) is 13.1 Å². The summed E-state index contributed by atoms with van der Waals surface area (Å²) in [6.07, 6.45) is 5.55. The molecule has 0 aliphatic heterocycles. The van der Waals surface area contributed by atoms with Crippen molar-refractivity contribution in [3.63, 3.8) is 0 Å². The summed E-state index contributed by atoms with van der Waals surface area (Å²) in [7, 11) is 0. The fraction of sp³-hybridized carbons (Fsp3) is 0.857. The lowest BCUT2D eigenvalue weighted by molar-refractivity contribution is -0.147. The van der Waals surface area contributed by atoms with Gasteiger partial charge in [-0.1, -0.05) is 26.7 Å². The van der Waals surface area contributed by atoms with Crippen LogP contribution in [0.5, 0.6) is 0 Å². The van der Waals surface area contributed by atoms with Crippen LogP contribution >= 0.6 is 0 Å². The first-order chi connectivity index (χ1) is 9.00. The largest absolute Gasteiger partial charge is 0.368 e. The Bertz CT molecular complexity index is 312. The van der Waals surface area contributed by atoms with E-state index in [1.807, 2.05) is 13.8 Å². The number of carbonyl (C=O) groups is 2. The second-order valence-corrected chi connectivity index (χ2v) is 5.53. The van der Waals surface area contributed by atoms with Gasteiger partial charge in [-0.05, 0) is 25.7 Å². The highest BCUT2D eigenvalue weighted by molar-refractivity contribution is 5.87. The van der Waals surface area contributed by atoms with Crippen LogP contribution in [0.25, 0.3) is 0 Å². The Hall–Kier alpha value is -1.10. The molecule has 1 saturated carbocycles. The number of nitrogens with zero attached hydrogens (tertiary/aromatic N) is 1. The maximum absolute atomic E-state index is 12.8. The lowest BCUT2D eigenvalue weighted by atomic mass is 9.80. The molecule has 4 N–H and O–H groups in total. The second kappa shape index (κ2) is 6.89. The molecule has 5 heteroatoms. The number of hydrogen-bond acceptors (Lipinski definition) is 3. The van der Waals surface area contributed by atoms with Gasteiger partial charge in [0, 0.05) is 12.6 Å². The highest BCUT2D eigenvalue weighted by Crippen LogP contribution is 2.32. The second-order valence-electron chi connectivity index (χ2n) is 5.53. The summed E-state index contributed by atoms with van der Waals surface area (Å²) in [6, 6.07) is 0.157. The fourth-order valence-electron chi connectivity index (χ4n) is 2.98. The normalized spacial score (nSPS) is 16.6. The molecule has 1 rings (SSSR count). The highest BCUT2D eigenvalue weighted by atomic mass is 16.2. The number of nitrogens with two attached hydrogens (primary N) is 2. The Labute approximate surface area is 115 Å². The SMILES string of the molecule is CCC(CC)(CN)C(=O)N(CC(N)=O)C1CCCC1. The van der Waals surface area contributed by atoms with Gasteiger partial charge in [0.2, 0.25) is 11.8 Å². The molecule has 1 aliphatic carbocycles. The van der Waals surface area contributed by atoms with Crippen molar-refractivity contribution in [3.05, 3.63) is 0 Å². The van der Waals surface area contributed by atoms with Crippen LogP contribution in [0.1, 0.15) is 52.4 Å². The van der Waals surface area contributed by atoms with Crippen molar-refractivity contribution in [3.8, 4) is 0 Å². The van der Waals surface area contributed by atoms with E-state index in [0.717, 1.165) is 25.7 Å². The molecular weight excluding hydrogens is 242 g/mol. The summed E-state index contributed by atoms with van der Waals surface area (Å²) in [6.45, 7) is 4.29. The standard InChI is InChI=1S/C14H27N3O2/c1-3-14(4-2,10-15)13(19)17(9-12(16)18)11-7-5-6-8-11/h11H,3-10,15H2,1-2H3,(H2,16,18). The Morgan fingerprint density at radius 1 is 1.21 bits per heavy atom. The topological polar surface area (TPSA) is 89.4 Å². The Balaban J connectivity index is 2.94. The van der Waals surface area contributed by atoms with Crippen LogP contribution < -0.4 is 11.5 Å². The summed E-state index contributed by atoms with van der Waals surface area (Å²) >= 11 is 0. The zero-order chi connectivity index (χ0) is 14.5. The third-order valence-corrected chi connectivity index (χ3v) is 4.55. The molecule has 0 aromatic carbocycles. The molecule has 1 aliphatic rings. The Morgan fingerprint density at radius 3 is 2.11 bits per heavy atom. The molecule has 0 aromatic rings. The first-order valence-corrected chi connectivity index (χ1v) is 7.30. The molecule has 0 heterocycles. The lowest BCUT2D eigenvalue weighted by Crippen LogP contribution is -2.53. The molecular formula is C14H27N3O2. The molecule has 0 bridgehead atoms. The summed E-state index contributed by atoms with van der Waals surface area (Å²) in [4.78, 5) is 25.8. The first kappa shape index (κ1) is 16.0. The monoisotopic (exact) mass is 269 g/mol. The van der Waals surface area contributed by atoms with E-state index in [1.165, 1.54) is 0 Å². The molecule has 2 amide bonds. The van der Waals surface area contributed by atoms with Gasteiger partial charge in [0.1, 0.15) is 0 Å². The minimum absolute atomic E-state index is 0.00528. The van der Waals surface area contributed by atoms with Gasteiger partial charge in [0.15, 0.2) is 0 Å². The van der Waals surface area contributed by atoms with Crippen LogP contribution in [0.2, 0.25) is 0 Å². The van der Waals surface area contributed by atoms with Crippen LogP contribution in [0.3, 0.4) is 0 Å². The smallest absolute Gasteiger partial charge is 0.237 e. The minimum Gasteiger partial charge on any atom is -0.368 e. The van der Waals surface area contributed by atoms with Crippen LogP contribution in [0, 0.1) is 5.41 Å². The summed E-state index contributed by atoms with van der Waals surface area (Å²) in [5.41, 5.74) is 10.6. The van der Waals surface area contributed by atoms with Gasteiger partial charge < -0.3 is 16.4 Å². The molecule has 19 heavy (non-hydrogen) atoms. The average Bonchev–Trinajstić information content (AvgIpc) is 2.92. The van der Waals surface area contributed by atoms with E-state index in [4.69, 9.17) is 11.5 Å². The van der Waals surface area contributed by atoms with Crippen molar-refractivity contribution < 1.29 is 9.59 Å². The zero-order valence-electron chi connectivity index (χ0n) is 12.2. The fourth-order valence-corrected chi connectivity index (χ4v) is 2.98. The van der Waals surface area contributed by atoms with Gasteiger partial charge in [-0.15, -0.1) is 0 Å². The van der Waals surface area contributed by atoms with Crippen LogP contribution in [-0.4, -0.2) is 35.8 Å². The number of primary amides is 1. The molecule has 0 aromatic heterocycles. The van der Waals surface area contributed by atoms with Crippen molar-refractivity contribution in [1.29, 1.82) is 0 Å². The highest BCUT2D eigenvalue weighted by Gasteiger charge is 2.40. The maximum Gasteiger partial charge on any atom is 0.237 e. The van der Waals surface area contributed by atoms with Gasteiger partial charge in [0.05, 0.1) is 12.0 Å². The average molecular weight is 269 g/mol. The molecule has 0 radical (unpaired) electrons. The number of amides is 2. The molecule has 110 valence electrons. The number of carbonyl (C=O) groups excluding carboxylic acids is 2. The quantitative estimate of drug-likeness (QED) is 0.722. The summed E-state index contributed by atoms with van der Waals surface area (Å²) in [5, 5.41) is 0. The summed E-state index contributed by atoms with van der Waals surface area (Å²) < 4.78 is 0. The predicted octanol–water partition coefficient (Wildman–Crippen LogP) is 1.01. The van der Waals surface area contributed by atoms with E-state index in [0.29, 0.717) is 19.4 Å². The van der Waals surface area contributed by atoms with Gasteiger partial charge in [0.25, 0.3) is 0 Å². The zero-order valence-corrected chi connectivity index (χ0v) is 12.2.